The maximum absolute atomic E-state index is 6.18. The van der Waals surface area contributed by atoms with Crippen LogP contribution in [-0.2, 0) is 15.9 Å². The largest absolute Gasteiger partial charge is 0.422 e. The van der Waals surface area contributed by atoms with E-state index in [-0.39, 0.29) is 11.7 Å². The molecule has 0 N–H and O–H groups in total. The van der Waals surface area contributed by atoms with Crippen molar-refractivity contribution in [2.24, 2.45) is 0 Å². The van der Waals surface area contributed by atoms with Gasteiger partial charge in [0.1, 0.15) is 6.33 Å². The Labute approximate surface area is 141 Å². The van der Waals surface area contributed by atoms with Crippen molar-refractivity contribution in [3.63, 3.8) is 0 Å². The summed E-state index contributed by atoms with van der Waals surface area (Å²) in [5.74, 6) is 1.57. The molecule has 2 aromatic rings. The van der Waals surface area contributed by atoms with Gasteiger partial charge in [-0.2, -0.15) is 4.98 Å². The van der Waals surface area contributed by atoms with Gasteiger partial charge in [0.05, 0.1) is 11.7 Å². The Morgan fingerprint density at radius 3 is 2.92 bits per heavy atom. The molecule has 4 rings (SSSR count). The van der Waals surface area contributed by atoms with Crippen molar-refractivity contribution < 1.29 is 13.9 Å². The first-order chi connectivity index (χ1) is 11.8. The molecule has 2 aliphatic heterocycles. The fraction of sp³-hybridized carbons (Fsp3) is 0.706. The van der Waals surface area contributed by atoms with Gasteiger partial charge in [0.15, 0.2) is 17.2 Å². The molecule has 7 nitrogen and oxygen atoms in total. The number of hydrogen-bond acceptors (Lipinski definition) is 7. The zero-order valence-electron chi connectivity index (χ0n) is 14.3. The molecule has 130 valence electrons. The molecule has 2 aromatic heterocycles. The molecule has 0 bridgehead atoms. The van der Waals surface area contributed by atoms with Gasteiger partial charge in [-0.05, 0) is 25.7 Å². The molecule has 1 unspecified atom stereocenters. The summed E-state index contributed by atoms with van der Waals surface area (Å²) in [6.07, 6.45) is 6.54. The van der Waals surface area contributed by atoms with Crippen molar-refractivity contribution >= 4 is 17.0 Å². The lowest BCUT2D eigenvalue weighted by Gasteiger charge is -2.48. The summed E-state index contributed by atoms with van der Waals surface area (Å²) in [6.45, 7) is 4.61. The number of aryl methyl sites for hydroxylation is 1. The molecule has 1 atom stereocenters. The van der Waals surface area contributed by atoms with Crippen molar-refractivity contribution in [2.45, 2.75) is 50.7 Å². The number of ether oxygens (including phenoxy) is 2. The predicted octanol–water partition coefficient (Wildman–Crippen LogP) is 2.34. The molecule has 0 saturated carbocycles. The van der Waals surface area contributed by atoms with Crippen LogP contribution in [0.1, 0.15) is 38.5 Å². The van der Waals surface area contributed by atoms with E-state index < -0.39 is 0 Å². The highest BCUT2D eigenvalue weighted by Crippen LogP contribution is 2.38. The Hall–Kier alpha value is -1.73. The fourth-order valence-corrected chi connectivity index (χ4v) is 3.96. The van der Waals surface area contributed by atoms with Crippen LogP contribution in [0.5, 0.6) is 0 Å². The highest BCUT2D eigenvalue weighted by atomic mass is 16.5. The number of anilines is 1. The Morgan fingerprint density at radius 2 is 2.17 bits per heavy atom. The molecule has 24 heavy (non-hydrogen) atoms. The first-order valence-corrected chi connectivity index (χ1v) is 8.78. The van der Waals surface area contributed by atoms with E-state index in [2.05, 4.69) is 19.9 Å². The normalized spacial score (nSPS) is 23.9. The standard InChI is InChI=1S/C17H24N4O3/c1-3-13-20-14-15(18-11-19-16(14)24-13)21-8-6-17(7-9-21)12(22-2)5-4-10-23-17/h11-12H,3-10H2,1-2H3. The summed E-state index contributed by atoms with van der Waals surface area (Å²) in [5.41, 5.74) is 1.19. The zero-order chi connectivity index (χ0) is 16.6. The number of piperidine rings is 1. The van der Waals surface area contributed by atoms with E-state index >= 15 is 0 Å². The maximum atomic E-state index is 6.18. The van der Waals surface area contributed by atoms with E-state index in [1.54, 1.807) is 13.4 Å². The van der Waals surface area contributed by atoms with Gasteiger partial charge in [-0.25, -0.2) is 9.97 Å². The van der Waals surface area contributed by atoms with Gasteiger partial charge in [-0.3, -0.25) is 0 Å². The highest BCUT2D eigenvalue weighted by molar-refractivity contribution is 5.81. The number of nitrogens with zero attached hydrogens (tertiary/aromatic N) is 4. The lowest BCUT2D eigenvalue weighted by molar-refractivity contribution is -0.175. The first-order valence-electron chi connectivity index (χ1n) is 8.78. The molecule has 2 fully saturated rings. The summed E-state index contributed by atoms with van der Waals surface area (Å²) in [7, 11) is 1.79. The van der Waals surface area contributed by atoms with Gasteiger partial charge in [0, 0.05) is 33.2 Å². The van der Waals surface area contributed by atoms with Crippen molar-refractivity contribution in [1.29, 1.82) is 0 Å². The Balaban J connectivity index is 1.57. The Morgan fingerprint density at radius 1 is 1.33 bits per heavy atom. The molecule has 4 heterocycles. The molecule has 0 aromatic carbocycles. The van der Waals surface area contributed by atoms with Crippen LogP contribution in [-0.4, -0.2) is 53.5 Å². The third-order valence-corrected chi connectivity index (χ3v) is 5.30. The molecule has 0 radical (unpaired) electrons. The van der Waals surface area contributed by atoms with E-state index in [0.717, 1.165) is 63.1 Å². The summed E-state index contributed by atoms with van der Waals surface area (Å²) in [5, 5.41) is 0. The number of hydrogen-bond donors (Lipinski definition) is 0. The van der Waals surface area contributed by atoms with Crippen LogP contribution < -0.4 is 4.90 Å². The molecule has 1 spiro atoms. The summed E-state index contributed by atoms with van der Waals surface area (Å²) < 4.78 is 17.6. The third-order valence-electron chi connectivity index (χ3n) is 5.30. The minimum atomic E-state index is -0.145. The van der Waals surface area contributed by atoms with Gasteiger partial charge in [-0.1, -0.05) is 6.92 Å². The first kappa shape index (κ1) is 15.8. The highest BCUT2D eigenvalue weighted by Gasteiger charge is 2.45. The third kappa shape index (κ3) is 2.56. The van der Waals surface area contributed by atoms with Crippen LogP contribution in [0.2, 0.25) is 0 Å². The number of fused-ring (bicyclic) bond motifs is 1. The summed E-state index contributed by atoms with van der Waals surface area (Å²) >= 11 is 0. The van der Waals surface area contributed by atoms with Gasteiger partial charge in [0.25, 0.3) is 5.71 Å². The average molecular weight is 332 g/mol. The van der Waals surface area contributed by atoms with Crippen LogP contribution in [0.15, 0.2) is 10.7 Å². The molecular formula is C17H24N4O3. The second kappa shape index (κ2) is 6.29. The minimum absolute atomic E-state index is 0.145. The molecule has 0 aliphatic carbocycles. The molecule has 2 saturated heterocycles. The second-order valence-corrected chi connectivity index (χ2v) is 6.58. The van der Waals surface area contributed by atoms with Gasteiger partial charge < -0.3 is 18.8 Å². The number of methoxy groups -OCH3 is 1. The smallest absolute Gasteiger partial charge is 0.252 e. The lowest BCUT2D eigenvalue weighted by Crippen LogP contribution is -2.56. The van der Waals surface area contributed by atoms with Crippen LogP contribution in [0.25, 0.3) is 11.2 Å². The molecule has 2 aliphatic rings. The zero-order valence-corrected chi connectivity index (χ0v) is 14.3. The lowest BCUT2D eigenvalue weighted by atomic mass is 9.82. The molecular weight excluding hydrogens is 308 g/mol. The summed E-state index contributed by atoms with van der Waals surface area (Å²) in [6, 6.07) is 0. The van der Waals surface area contributed by atoms with Crippen LogP contribution in [0.3, 0.4) is 0 Å². The van der Waals surface area contributed by atoms with Gasteiger partial charge in [0.2, 0.25) is 0 Å². The van der Waals surface area contributed by atoms with Crippen LogP contribution in [0.4, 0.5) is 5.82 Å². The predicted molar refractivity (Wildman–Crippen MR) is 89.1 cm³/mol. The minimum Gasteiger partial charge on any atom is -0.422 e. The van der Waals surface area contributed by atoms with E-state index in [1.165, 1.54) is 0 Å². The average Bonchev–Trinajstić information content (AvgIpc) is 3.06. The number of oxazole rings is 1. The Bertz CT molecular complexity index is 709. The van der Waals surface area contributed by atoms with Crippen molar-refractivity contribution in [1.82, 2.24) is 15.0 Å². The fourth-order valence-electron chi connectivity index (χ4n) is 3.96. The van der Waals surface area contributed by atoms with E-state index in [9.17, 15) is 0 Å². The van der Waals surface area contributed by atoms with Crippen molar-refractivity contribution in [3.8, 4) is 0 Å². The SMILES string of the molecule is CCc1nc2c(N3CCC4(CC3)OCCCC4OC)ncnc2o1. The number of aromatic nitrogens is 3. The van der Waals surface area contributed by atoms with E-state index in [0.29, 0.717) is 11.6 Å². The van der Waals surface area contributed by atoms with E-state index in [1.807, 2.05) is 6.92 Å². The van der Waals surface area contributed by atoms with Crippen LogP contribution >= 0.6 is 0 Å². The second-order valence-electron chi connectivity index (χ2n) is 6.58. The molecule has 0 amide bonds. The summed E-state index contributed by atoms with van der Waals surface area (Å²) in [4.78, 5) is 15.5. The van der Waals surface area contributed by atoms with Gasteiger partial charge >= 0.3 is 0 Å². The van der Waals surface area contributed by atoms with Crippen LogP contribution in [0, 0.1) is 0 Å². The van der Waals surface area contributed by atoms with Crippen molar-refractivity contribution in [3.05, 3.63) is 12.2 Å². The Kier molecular flexibility index (Phi) is 4.14. The topological polar surface area (TPSA) is 73.5 Å². The van der Waals surface area contributed by atoms with E-state index in [4.69, 9.17) is 13.9 Å². The monoisotopic (exact) mass is 332 g/mol. The quantitative estimate of drug-likeness (QED) is 0.854. The molecule has 7 heteroatoms. The van der Waals surface area contributed by atoms with Gasteiger partial charge in [-0.15, -0.1) is 0 Å². The maximum Gasteiger partial charge on any atom is 0.252 e. The van der Waals surface area contributed by atoms with Crippen molar-refractivity contribution in [2.75, 3.05) is 31.7 Å². The number of rotatable bonds is 3.